The molecule has 0 radical (unpaired) electrons. The fraction of sp³-hybridized carbons (Fsp3) is 0.200. The van der Waals surface area contributed by atoms with Gasteiger partial charge in [0.25, 0.3) is 0 Å². The number of ether oxygens (including phenoxy) is 1. The molecule has 0 bridgehead atoms. The molecule has 19 heavy (non-hydrogen) atoms. The number of fused-ring (bicyclic) bond motifs is 3. The molecule has 1 unspecified atom stereocenters. The number of hydrogen-bond donors (Lipinski definition) is 0. The van der Waals surface area contributed by atoms with Crippen LogP contribution in [0.25, 0.3) is 6.08 Å². The van der Waals surface area contributed by atoms with Crippen molar-refractivity contribution < 1.29 is 14.3 Å². The van der Waals surface area contributed by atoms with Gasteiger partial charge in [-0.15, -0.1) is 0 Å². The van der Waals surface area contributed by atoms with E-state index in [1.165, 1.54) is 6.92 Å². The van der Waals surface area contributed by atoms with Crippen LogP contribution in [0.15, 0.2) is 42.3 Å². The van der Waals surface area contributed by atoms with Crippen molar-refractivity contribution in [2.75, 3.05) is 0 Å². The van der Waals surface area contributed by atoms with Crippen LogP contribution < -0.4 is 0 Å². The van der Waals surface area contributed by atoms with Crippen LogP contribution >= 0.6 is 0 Å². The van der Waals surface area contributed by atoms with Crippen LogP contribution in [0, 0.1) is 0 Å². The van der Waals surface area contributed by atoms with Gasteiger partial charge in [0.1, 0.15) is 5.76 Å². The number of rotatable bonds is 1. The number of carbonyl (C=O) groups excluding carboxylic acids is 2. The summed E-state index contributed by atoms with van der Waals surface area (Å²) in [5.41, 5.74) is 2.12. The maximum atomic E-state index is 12.1. The minimum Gasteiger partial charge on any atom is -0.431 e. The predicted molar refractivity (Wildman–Crippen MR) is 69.5 cm³/mol. The van der Waals surface area contributed by atoms with Crippen LogP contribution in [-0.2, 0) is 14.3 Å². The Labute approximate surface area is 111 Å². The van der Waals surface area contributed by atoms with Crippen molar-refractivity contribution in [1.29, 1.82) is 0 Å². The first kappa shape index (κ1) is 11.7. The third kappa shape index (κ3) is 2.05. The number of esters is 1. The molecule has 1 aromatic rings. The maximum Gasteiger partial charge on any atom is 0.307 e. The van der Waals surface area contributed by atoms with Crippen molar-refractivity contribution >= 4 is 18.0 Å². The summed E-state index contributed by atoms with van der Waals surface area (Å²) < 4.78 is 5.08. The lowest BCUT2D eigenvalue weighted by molar-refractivity contribution is -0.139. The van der Waals surface area contributed by atoms with Gasteiger partial charge in [0.05, 0.1) is 12.5 Å². The summed E-state index contributed by atoms with van der Waals surface area (Å²) in [4.78, 5) is 24.8. The number of benzene rings is 1. The van der Waals surface area contributed by atoms with Crippen molar-refractivity contribution in [3.05, 3.63) is 53.4 Å². The highest BCUT2D eigenvalue weighted by Gasteiger charge is 2.32. The van der Waals surface area contributed by atoms with Crippen molar-refractivity contribution in [1.82, 2.24) is 4.90 Å². The summed E-state index contributed by atoms with van der Waals surface area (Å²) in [5.74, 6) is -0.0227. The van der Waals surface area contributed by atoms with Crippen molar-refractivity contribution in [3.63, 3.8) is 0 Å². The fourth-order valence-corrected chi connectivity index (χ4v) is 2.47. The highest BCUT2D eigenvalue weighted by atomic mass is 16.5. The average Bonchev–Trinajstić information content (AvgIpc) is 2.38. The standard InChI is InChI=1S/C15H13NO3/c1-10(17)19-12-8-14-13-5-3-2-4-11(13)6-7-16(14)15(18)9-12/h2-8,14H,9H2,1H3. The highest BCUT2D eigenvalue weighted by Crippen LogP contribution is 2.36. The number of carbonyl (C=O) groups is 2. The molecule has 96 valence electrons. The van der Waals surface area contributed by atoms with Gasteiger partial charge in [-0.1, -0.05) is 24.3 Å². The van der Waals surface area contributed by atoms with Crippen LogP contribution in [0.5, 0.6) is 0 Å². The molecular weight excluding hydrogens is 242 g/mol. The molecule has 0 saturated carbocycles. The summed E-state index contributed by atoms with van der Waals surface area (Å²) in [5, 5.41) is 0. The van der Waals surface area contributed by atoms with Gasteiger partial charge < -0.3 is 9.64 Å². The molecular formula is C15H13NO3. The van der Waals surface area contributed by atoms with Gasteiger partial charge in [-0.3, -0.25) is 9.59 Å². The van der Waals surface area contributed by atoms with Gasteiger partial charge in [0.2, 0.25) is 5.91 Å². The summed E-state index contributed by atoms with van der Waals surface area (Å²) in [6.45, 7) is 1.34. The van der Waals surface area contributed by atoms with E-state index >= 15 is 0 Å². The maximum absolute atomic E-state index is 12.1. The molecule has 0 aliphatic carbocycles. The number of nitrogens with zero attached hydrogens (tertiary/aromatic N) is 1. The van der Waals surface area contributed by atoms with Crippen LogP contribution in [-0.4, -0.2) is 16.8 Å². The summed E-state index contributed by atoms with van der Waals surface area (Å²) in [6, 6.07) is 7.70. The van der Waals surface area contributed by atoms with E-state index in [9.17, 15) is 9.59 Å². The molecule has 0 aromatic heterocycles. The zero-order valence-electron chi connectivity index (χ0n) is 10.5. The Morgan fingerprint density at radius 1 is 1.37 bits per heavy atom. The summed E-state index contributed by atoms with van der Waals surface area (Å²) in [7, 11) is 0. The molecule has 1 amide bonds. The molecule has 2 aliphatic heterocycles. The average molecular weight is 255 g/mol. The minimum absolute atomic E-state index is 0.0606. The van der Waals surface area contributed by atoms with E-state index in [2.05, 4.69) is 0 Å². The van der Waals surface area contributed by atoms with Gasteiger partial charge >= 0.3 is 5.97 Å². The molecule has 3 rings (SSSR count). The van der Waals surface area contributed by atoms with Crippen LogP contribution in [0.4, 0.5) is 0 Å². The summed E-state index contributed by atoms with van der Waals surface area (Å²) in [6.07, 6.45) is 5.68. The van der Waals surface area contributed by atoms with Crippen molar-refractivity contribution in [2.45, 2.75) is 19.4 Å². The van der Waals surface area contributed by atoms with E-state index in [4.69, 9.17) is 4.74 Å². The van der Waals surface area contributed by atoms with Gasteiger partial charge in [0.15, 0.2) is 0 Å². The molecule has 2 aliphatic rings. The second-order valence-corrected chi connectivity index (χ2v) is 4.59. The zero-order chi connectivity index (χ0) is 13.4. The lowest BCUT2D eigenvalue weighted by Crippen LogP contribution is -2.35. The van der Waals surface area contributed by atoms with Crippen LogP contribution in [0.3, 0.4) is 0 Å². The Hall–Kier alpha value is -2.36. The van der Waals surface area contributed by atoms with E-state index in [0.717, 1.165) is 11.1 Å². The quantitative estimate of drug-likeness (QED) is 0.724. The van der Waals surface area contributed by atoms with Gasteiger partial charge in [-0.2, -0.15) is 0 Å². The molecule has 2 heterocycles. The highest BCUT2D eigenvalue weighted by molar-refractivity contribution is 5.84. The largest absolute Gasteiger partial charge is 0.431 e. The van der Waals surface area contributed by atoms with Gasteiger partial charge in [0, 0.05) is 13.1 Å². The van der Waals surface area contributed by atoms with E-state index in [-0.39, 0.29) is 18.4 Å². The van der Waals surface area contributed by atoms with E-state index < -0.39 is 5.97 Å². The first-order valence-electron chi connectivity index (χ1n) is 6.12. The minimum atomic E-state index is -0.396. The van der Waals surface area contributed by atoms with Crippen molar-refractivity contribution in [3.8, 4) is 0 Å². The van der Waals surface area contributed by atoms with Gasteiger partial charge in [-0.05, 0) is 23.3 Å². The molecule has 0 saturated heterocycles. The molecule has 0 spiro atoms. The molecule has 1 aromatic carbocycles. The number of hydrogen-bond acceptors (Lipinski definition) is 3. The lowest BCUT2D eigenvalue weighted by Gasteiger charge is -2.34. The molecule has 0 N–H and O–H groups in total. The monoisotopic (exact) mass is 255 g/mol. The number of amides is 1. The molecule has 4 nitrogen and oxygen atoms in total. The Morgan fingerprint density at radius 2 is 2.16 bits per heavy atom. The Morgan fingerprint density at radius 3 is 2.95 bits per heavy atom. The normalized spacial score (nSPS) is 20.5. The Balaban J connectivity index is 2.03. The third-order valence-electron chi connectivity index (χ3n) is 3.26. The Kier molecular flexibility index (Phi) is 2.71. The van der Waals surface area contributed by atoms with E-state index in [1.807, 2.05) is 36.4 Å². The SMILES string of the molecule is CC(=O)OC1=CC2c3ccccc3C=CN2C(=O)C1. The Bertz CT molecular complexity index is 616. The van der Waals surface area contributed by atoms with E-state index in [1.54, 1.807) is 11.1 Å². The predicted octanol–water partition coefficient (Wildman–Crippen LogP) is 2.39. The second kappa shape index (κ2) is 4.39. The zero-order valence-corrected chi connectivity index (χ0v) is 10.5. The smallest absolute Gasteiger partial charge is 0.307 e. The van der Waals surface area contributed by atoms with Crippen LogP contribution in [0.1, 0.15) is 30.5 Å². The van der Waals surface area contributed by atoms with E-state index in [0.29, 0.717) is 5.76 Å². The van der Waals surface area contributed by atoms with Crippen molar-refractivity contribution in [2.24, 2.45) is 0 Å². The van der Waals surface area contributed by atoms with Crippen LogP contribution in [0.2, 0.25) is 0 Å². The molecule has 0 fully saturated rings. The third-order valence-corrected chi connectivity index (χ3v) is 3.26. The summed E-state index contributed by atoms with van der Waals surface area (Å²) >= 11 is 0. The fourth-order valence-electron chi connectivity index (χ4n) is 2.47. The molecule has 4 heteroatoms. The topological polar surface area (TPSA) is 46.6 Å². The van der Waals surface area contributed by atoms with Gasteiger partial charge in [-0.25, -0.2) is 0 Å². The first-order valence-corrected chi connectivity index (χ1v) is 6.12. The molecule has 1 atom stereocenters. The lowest BCUT2D eigenvalue weighted by atomic mass is 9.93. The second-order valence-electron chi connectivity index (χ2n) is 4.59. The first-order chi connectivity index (χ1) is 9.15.